The van der Waals surface area contributed by atoms with Crippen LogP contribution < -0.4 is 4.74 Å². The minimum Gasteiger partial charge on any atom is -0.464 e. The maximum absolute atomic E-state index is 12.5. The second-order valence-corrected chi connectivity index (χ2v) is 4.50. The molecule has 0 amide bonds. The van der Waals surface area contributed by atoms with Gasteiger partial charge in [0.15, 0.2) is 5.69 Å². The molecule has 0 fully saturated rings. The zero-order chi connectivity index (χ0) is 16.5. The van der Waals surface area contributed by atoms with Gasteiger partial charge in [-0.1, -0.05) is 11.6 Å². The van der Waals surface area contributed by atoms with Crippen LogP contribution in [0, 0.1) is 0 Å². The zero-order valence-corrected chi connectivity index (χ0v) is 12.1. The Balaban J connectivity index is 2.28. The summed E-state index contributed by atoms with van der Waals surface area (Å²) in [6.45, 7) is 0. The lowest BCUT2D eigenvalue weighted by atomic mass is 10.3. The molecule has 6 nitrogen and oxygen atoms in total. The van der Waals surface area contributed by atoms with Crippen molar-refractivity contribution in [2.75, 3.05) is 7.11 Å². The number of carbonyl (C=O) groups excluding carboxylic acids is 1. The van der Waals surface area contributed by atoms with Gasteiger partial charge in [0.25, 0.3) is 0 Å². The van der Waals surface area contributed by atoms with E-state index in [1.165, 1.54) is 24.9 Å². The van der Waals surface area contributed by atoms with Crippen molar-refractivity contribution in [2.24, 2.45) is 7.05 Å². The maximum Gasteiger partial charge on any atom is 0.417 e. The molecule has 0 saturated heterocycles. The molecule has 0 saturated carbocycles. The first-order valence-electron chi connectivity index (χ1n) is 5.75. The molecule has 0 spiro atoms. The smallest absolute Gasteiger partial charge is 0.417 e. The third kappa shape index (κ3) is 3.30. The van der Waals surface area contributed by atoms with Gasteiger partial charge in [-0.05, 0) is 6.07 Å². The predicted octanol–water partition coefficient (Wildman–Crippen LogP) is 3.07. The van der Waals surface area contributed by atoms with E-state index in [0.29, 0.717) is 12.3 Å². The topological polar surface area (TPSA) is 66.2 Å². The molecule has 2 heterocycles. The van der Waals surface area contributed by atoms with E-state index in [1.807, 2.05) is 0 Å². The monoisotopic (exact) mass is 335 g/mol. The fourth-order valence-electron chi connectivity index (χ4n) is 1.50. The van der Waals surface area contributed by atoms with Crippen LogP contribution in [0.3, 0.4) is 0 Å². The first kappa shape index (κ1) is 16.1. The van der Waals surface area contributed by atoms with E-state index in [0.717, 1.165) is 0 Å². The van der Waals surface area contributed by atoms with E-state index in [1.54, 1.807) is 0 Å². The molecule has 2 aromatic rings. The molecule has 0 bridgehead atoms. The lowest BCUT2D eigenvalue weighted by Crippen LogP contribution is -2.06. The molecule has 0 aliphatic rings. The van der Waals surface area contributed by atoms with Gasteiger partial charge in [-0.2, -0.15) is 18.3 Å². The van der Waals surface area contributed by atoms with E-state index >= 15 is 0 Å². The van der Waals surface area contributed by atoms with Crippen molar-refractivity contribution >= 4 is 17.6 Å². The van der Waals surface area contributed by atoms with Gasteiger partial charge in [-0.15, -0.1) is 0 Å². The number of rotatable bonds is 3. The number of methoxy groups -OCH3 is 1. The minimum absolute atomic E-state index is 0.0250. The number of alkyl halides is 3. The van der Waals surface area contributed by atoms with Crippen LogP contribution in [-0.4, -0.2) is 27.8 Å². The zero-order valence-electron chi connectivity index (χ0n) is 11.3. The summed E-state index contributed by atoms with van der Waals surface area (Å²) in [6, 6.07) is 1.95. The third-order valence-electron chi connectivity index (χ3n) is 2.57. The van der Waals surface area contributed by atoms with Crippen LogP contribution in [0.25, 0.3) is 0 Å². The van der Waals surface area contributed by atoms with E-state index in [4.69, 9.17) is 16.3 Å². The first-order chi connectivity index (χ1) is 10.2. The van der Waals surface area contributed by atoms with Crippen molar-refractivity contribution < 1.29 is 27.4 Å². The van der Waals surface area contributed by atoms with Gasteiger partial charge in [0.1, 0.15) is 5.02 Å². The van der Waals surface area contributed by atoms with Crippen LogP contribution in [0.2, 0.25) is 5.02 Å². The lowest BCUT2D eigenvalue weighted by Gasteiger charge is -2.09. The van der Waals surface area contributed by atoms with Crippen molar-refractivity contribution in [1.29, 1.82) is 0 Å². The summed E-state index contributed by atoms with van der Waals surface area (Å²) in [5.74, 6) is -0.861. The fraction of sp³-hybridized carbons (Fsp3) is 0.250. The summed E-state index contributed by atoms with van der Waals surface area (Å²) in [4.78, 5) is 14.9. The Bertz CT molecular complexity index is 715. The van der Waals surface area contributed by atoms with Crippen molar-refractivity contribution in [2.45, 2.75) is 6.18 Å². The molecule has 0 aliphatic carbocycles. The fourth-order valence-corrected chi connectivity index (χ4v) is 1.71. The Morgan fingerprint density at radius 1 is 1.36 bits per heavy atom. The summed E-state index contributed by atoms with van der Waals surface area (Å²) >= 11 is 5.73. The van der Waals surface area contributed by atoms with Crippen LogP contribution >= 0.6 is 11.6 Å². The average molecular weight is 336 g/mol. The van der Waals surface area contributed by atoms with Gasteiger partial charge in [-0.3, -0.25) is 0 Å². The number of pyridine rings is 1. The van der Waals surface area contributed by atoms with Crippen LogP contribution in [0.1, 0.15) is 16.1 Å². The van der Waals surface area contributed by atoms with Gasteiger partial charge in [-0.25, -0.2) is 14.5 Å². The van der Waals surface area contributed by atoms with Gasteiger partial charge in [0, 0.05) is 19.3 Å². The van der Waals surface area contributed by atoms with Crippen molar-refractivity contribution in [3.05, 3.63) is 34.6 Å². The summed E-state index contributed by atoms with van der Waals surface area (Å²) < 4.78 is 48.5. The number of aromatic nitrogens is 3. The molecule has 0 aliphatic heterocycles. The molecule has 22 heavy (non-hydrogen) atoms. The quantitative estimate of drug-likeness (QED) is 0.806. The van der Waals surface area contributed by atoms with Crippen LogP contribution in [0.4, 0.5) is 13.2 Å². The maximum atomic E-state index is 12.5. The Morgan fingerprint density at radius 3 is 2.59 bits per heavy atom. The molecule has 0 aromatic carbocycles. The predicted molar refractivity (Wildman–Crippen MR) is 68.9 cm³/mol. The largest absolute Gasteiger partial charge is 0.464 e. The molecule has 0 atom stereocenters. The van der Waals surface area contributed by atoms with Gasteiger partial charge in [0.2, 0.25) is 11.8 Å². The third-order valence-corrected chi connectivity index (χ3v) is 2.84. The number of esters is 1. The van der Waals surface area contributed by atoms with Gasteiger partial charge < -0.3 is 9.47 Å². The standard InChI is InChI=1S/C12H9ClF3N3O3/c1-19-9(4-8(18-19)11(20)21-2)22-10-7(13)3-6(5-17-10)12(14,15)16/h3-5H,1-2H3. The number of nitrogens with zero attached hydrogens (tertiary/aromatic N) is 3. The van der Waals surface area contributed by atoms with Crippen LogP contribution in [-0.2, 0) is 18.0 Å². The molecule has 118 valence electrons. The number of hydrogen-bond acceptors (Lipinski definition) is 5. The summed E-state index contributed by atoms with van der Waals surface area (Å²) in [5, 5.41) is 3.51. The number of ether oxygens (including phenoxy) is 2. The summed E-state index contributed by atoms with van der Waals surface area (Å²) in [6.07, 6.45) is -3.96. The highest BCUT2D eigenvalue weighted by atomic mass is 35.5. The SMILES string of the molecule is COC(=O)c1cc(Oc2ncc(C(F)(F)F)cc2Cl)n(C)n1. The second kappa shape index (κ2) is 5.84. The molecular weight excluding hydrogens is 327 g/mol. The van der Waals surface area contributed by atoms with Crippen molar-refractivity contribution in [3.63, 3.8) is 0 Å². The molecule has 0 radical (unpaired) electrons. The highest BCUT2D eigenvalue weighted by Gasteiger charge is 2.32. The van der Waals surface area contributed by atoms with E-state index < -0.39 is 17.7 Å². The summed E-state index contributed by atoms with van der Waals surface area (Å²) in [7, 11) is 2.66. The van der Waals surface area contributed by atoms with E-state index in [2.05, 4.69) is 14.8 Å². The molecule has 0 unspecified atom stereocenters. The van der Waals surface area contributed by atoms with Gasteiger partial charge >= 0.3 is 12.1 Å². The Kier molecular flexibility index (Phi) is 4.27. The Hall–Kier alpha value is -2.29. The van der Waals surface area contributed by atoms with Crippen molar-refractivity contribution in [3.8, 4) is 11.8 Å². The van der Waals surface area contributed by atoms with E-state index in [-0.39, 0.29) is 22.5 Å². The normalized spacial score (nSPS) is 11.4. The molecule has 0 N–H and O–H groups in total. The first-order valence-corrected chi connectivity index (χ1v) is 6.13. The van der Waals surface area contributed by atoms with Crippen LogP contribution in [0.15, 0.2) is 18.3 Å². The highest BCUT2D eigenvalue weighted by molar-refractivity contribution is 6.31. The Labute approximate surface area is 127 Å². The number of carbonyl (C=O) groups is 1. The molecule has 2 rings (SSSR count). The number of halogens is 4. The van der Waals surface area contributed by atoms with Crippen LogP contribution in [0.5, 0.6) is 11.8 Å². The summed E-state index contributed by atoms with van der Waals surface area (Å²) in [5.41, 5.74) is -1.02. The van der Waals surface area contributed by atoms with Gasteiger partial charge in [0.05, 0.1) is 12.7 Å². The second-order valence-electron chi connectivity index (χ2n) is 4.09. The number of aryl methyl sites for hydroxylation is 1. The Morgan fingerprint density at radius 2 is 2.05 bits per heavy atom. The van der Waals surface area contributed by atoms with E-state index in [9.17, 15) is 18.0 Å². The molecule has 2 aromatic heterocycles. The van der Waals surface area contributed by atoms with Crippen molar-refractivity contribution in [1.82, 2.24) is 14.8 Å². The lowest BCUT2D eigenvalue weighted by molar-refractivity contribution is -0.137. The average Bonchev–Trinajstić information content (AvgIpc) is 2.80. The molecule has 10 heteroatoms. The highest BCUT2D eigenvalue weighted by Crippen LogP contribution is 2.34. The number of hydrogen-bond donors (Lipinski definition) is 0. The molecular formula is C12H9ClF3N3O3. The minimum atomic E-state index is -4.56.